The fourth-order valence-electron chi connectivity index (χ4n) is 11.4. The molecule has 0 unspecified atom stereocenters. The number of hydrogen-bond donors (Lipinski definition) is 5. The van der Waals surface area contributed by atoms with Gasteiger partial charge in [0.25, 0.3) is 0 Å². The maximum Gasteiger partial charge on any atom is 0.230 e. The maximum absolute atomic E-state index is 12.0. The summed E-state index contributed by atoms with van der Waals surface area (Å²) in [5.74, 6) is 3.39. The van der Waals surface area contributed by atoms with E-state index >= 15 is 0 Å². The predicted octanol–water partition coefficient (Wildman–Crippen LogP) is 12.6. The molecule has 4 aromatic carbocycles. The standard InChI is InChI=1S/C29H38BrN7O4S.C17H27N3O.C13H13BrClN3O3S.2CH4/c1-19-16-23(26(41-3)17-24(19)37-14-10-20(11-15-37)36-12-5-6-13-36)33-29-31-18-21(30)28(34-29)32-22-8-7-9-25(40-2)27(22)35-42(4,38)39;1-13-11-15(18)17(21-2)12-16(13)20-9-5-14(6-10-20)19-7-3-4-8-19;1-21-11-5-3-4-10(8(11)7-22(2,19)20)17-12-9(14)6-16-13(15)18-12;;/h7-9,16-18,20,35H,5-6,10-15H2,1-4H3,(H2,31,32,33,34);11-12,14H,3-10,18H2,1-2H3;3-6H,7H2,1-2H3,(H,16,17,18);2*1H4. The fourth-order valence-corrected chi connectivity index (χ4v) is 13.5. The second kappa shape index (κ2) is 31.9. The molecule has 0 bridgehead atoms. The highest BCUT2D eigenvalue weighted by Crippen LogP contribution is 2.40. The van der Waals surface area contributed by atoms with Crippen LogP contribution in [0.25, 0.3) is 0 Å². The van der Waals surface area contributed by atoms with Crippen LogP contribution in [0, 0.1) is 13.8 Å². The molecule has 6 heterocycles. The Kier molecular flexibility index (Phi) is 25.7. The number of nitrogens with one attached hydrogen (secondary N) is 4. The minimum Gasteiger partial charge on any atom is -0.496 e. The number of hydrogen-bond acceptors (Lipinski definition) is 20. The van der Waals surface area contributed by atoms with Crippen molar-refractivity contribution in [2.45, 2.75) is 97.9 Å². The van der Waals surface area contributed by atoms with Crippen LogP contribution < -0.4 is 55.2 Å². The van der Waals surface area contributed by atoms with Crippen molar-refractivity contribution in [3.63, 3.8) is 0 Å². The van der Waals surface area contributed by atoms with Gasteiger partial charge in [-0.15, -0.1) is 0 Å². The first-order valence-corrected chi connectivity index (χ1v) is 34.2. The first kappa shape index (κ1) is 70.0. The average Bonchev–Trinajstić information content (AvgIpc) is 2.30. The zero-order valence-corrected chi connectivity index (χ0v) is 55.0. The minimum atomic E-state index is -3.56. The molecule has 4 fully saturated rings. The van der Waals surface area contributed by atoms with Crippen molar-refractivity contribution >= 4 is 121 Å². The third kappa shape index (κ3) is 19.0. The second-order valence-electron chi connectivity index (χ2n) is 21.6. The Balaban J connectivity index is 0.000000227. The van der Waals surface area contributed by atoms with E-state index in [4.69, 9.17) is 36.3 Å². The Morgan fingerprint density at radius 1 is 0.598 bits per heavy atom. The van der Waals surface area contributed by atoms with Crippen LogP contribution in [-0.2, 0) is 25.6 Å². The number of aromatic nitrogens is 4. The second-order valence-corrected chi connectivity index (χ2v) is 27.5. The van der Waals surface area contributed by atoms with E-state index in [1.807, 2.05) is 6.07 Å². The number of benzene rings is 4. The van der Waals surface area contributed by atoms with Gasteiger partial charge in [0, 0.05) is 91.7 Å². The number of rotatable bonds is 18. The number of aryl methyl sites for hydroxylation is 2. The van der Waals surface area contributed by atoms with Crippen LogP contribution in [-0.4, -0.2) is 152 Å². The summed E-state index contributed by atoms with van der Waals surface area (Å²) < 4.78 is 72.9. The van der Waals surface area contributed by atoms with Crippen molar-refractivity contribution in [1.29, 1.82) is 0 Å². The number of halogens is 3. The molecule has 2 aromatic heterocycles. The number of nitrogen functional groups attached to an aromatic ring is 1. The molecule has 0 spiro atoms. The van der Waals surface area contributed by atoms with Gasteiger partial charge < -0.3 is 60.2 Å². The van der Waals surface area contributed by atoms with Crippen molar-refractivity contribution in [2.75, 3.05) is 130 Å². The van der Waals surface area contributed by atoms with Gasteiger partial charge in [-0.05, 0) is 182 Å². The molecule has 87 heavy (non-hydrogen) atoms. The summed E-state index contributed by atoms with van der Waals surface area (Å²) in [6.07, 6.45) is 15.7. The maximum atomic E-state index is 12.0. The molecule has 26 heteroatoms. The Labute approximate surface area is 537 Å². The third-order valence-electron chi connectivity index (χ3n) is 15.5. The highest BCUT2D eigenvalue weighted by molar-refractivity contribution is 9.11. The van der Waals surface area contributed by atoms with Crippen molar-refractivity contribution in [1.82, 2.24) is 29.7 Å². The molecule has 6 aromatic rings. The predicted molar refractivity (Wildman–Crippen MR) is 363 cm³/mol. The van der Waals surface area contributed by atoms with Crippen molar-refractivity contribution in [3.8, 4) is 23.0 Å². The van der Waals surface area contributed by atoms with Gasteiger partial charge in [0.1, 0.15) is 40.3 Å². The number of likely N-dealkylation sites (tertiary alicyclic amines) is 2. The fraction of sp³-hybridized carbons (Fsp3) is 0.475. The van der Waals surface area contributed by atoms with E-state index < -0.39 is 19.9 Å². The quantitative estimate of drug-likeness (QED) is 0.0397. The van der Waals surface area contributed by atoms with Gasteiger partial charge >= 0.3 is 0 Å². The van der Waals surface area contributed by atoms with E-state index in [0.29, 0.717) is 66.8 Å². The molecule has 4 saturated heterocycles. The minimum absolute atomic E-state index is 0. The summed E-state index contributed by atoms with van der Waals surface area (Å²) in [7, 11) is -0.481. The van der Waals surface area contributed by atoms with Crippen molar-refractivity contribution in [2.24, 2.45) is 0 Å². The van der Waals surface area contributed by atoms with E-state index in [-0.39, 0.29) is 31.6 Å². The molecule has 476 valence electrons. The molecule has 0 radical (unpaired) electrons. The lowest BCUT2D eigenvalue weighted by Crippen LogP contribution is -2.44. The number of ether oxygens (including phenoxy) is 4. The smallest absolute Gasteiger partial charge is 0.230 e. The van der Waals surface area contributed by atoms with Gasteiger partial charge in [0.15, 0.2) is 9.84 Å². The topological polar surface area (TPSA) is 244 Å². The van der Waals surface area contributed by atoms with E-state index in [1.165, 1.54) is 121 Å². The number of para-hydroxylation sites is 1. The summed E-state index contributed by atoms with van der Waals surface area (Å²) >= 11 is 12.6. The third-order valence-corrected chi connectivity index (χ3v) is 18.2. The monoisotopic (exact) mass is 1390 g/mol. The molecule has 0 amide bonds. The largest absolute Gasteiger partial charge is 0.496 e. The molecule has 0 aliphatic carbocycles. The van der Waals surface area contributed by atoms with Crippen LogP contribution in [0.4, 0.5) is 57.4 Å². The van der Waals surface area contributed by atoms with E-state index in [1.54, 1.807) is 56.8 Å². The molecule has 21 nitrogen and oxygen atoms in total. The summed E-state index contributed by atoms with van der Waals surface area (Å²) in [6, 6.07) is 20.1. The highest BCUT2D eigenvalue weighted by atomic mass is 79.9. The number of nitrogens with two attached hydrogens (primary N) is 1. The number of anilines is 10. The molecular weight excluding hydrogens is 1300 g/mol. The van der Waals surface area contributed by atoms with Gasteiger partial charge in [0.05, 0.1) is 66.5 Å². The number of piperidine rings is 2. The van der Waals surface area contributed by atoms with Crippen LogP contribution in [0.15, 0.2) is 82.0 Å². The molecular formula is C61H86Br2ClN13O8S2. The lowest BCUT2D eigenvalue weighted by atomic mass is 10.0. The number of sulfone groups is 1. The zero-order valence-electron chi connectivity index (χ0n) is 49.5. The first-order valence-electron chi connectivity index (χ1n) is 28.2. The van der Waals surface area contributed by atoms with E-state index in [0.717, 1.165) is 61.2 Å². The van der Waals surface area contributed by atoms with E-state index in [9.17, 15) is 16.8 Å². The summed E-state index contributed by atoms with van der Waals surface area (Å²) in [5, 5.41) is 9.63. The number of sulfonamides is 1. The van der Waals surface area contributed by atoms with Gasteiger partial charge in [-0.1, -0.05) is 27.0 Å². The average molecular weight is 1390 g/mol. The first-order chi connectivity index (χ1) is 40.6. The molecule has 0 saturated carbocycles. The molecule has 10 rings (SSSR count). The number of methoxy groups -OCH3 is 4. The van der Waals surface area contributed by atoms with Gasteiger partial charge in [-0.25, -0.2) is 26.8 Å². The Hall–Kier alpha value is -6.09. The normalized spacial score (nSPS) is 15.8. The van der Waals surface area contributed by atoms with Gasteiger partial charge in [0.2, 0.25) is 21.3 Å². The molecule has 4 aliphatic rings. The molecule has 4 aliphatic heterocycles. The summed E-state index contributed by atoms with van der Waals surface area (Å²) in [5.41, 5.74) is 14.1. The molecule has 6 N–H and O–H groups in total. The van der Waals surface area contributed by atoms with Crippen molar-refractivity contribution in [3.05, 3.63) is 104 Å². The van der Waals surface area contributed by atoms with Gasteiger partial charge in [-0.2, -0.15) is 9.97 Å². The van der Waals surface area contributed by atoms with Crippen LogP contribution in [0.5, 0.6) is 23.0 Å². The number of nitrogens with zero attached hydrogens (tertiary/aromatic N) is 8. The molecule has 0 atom stereocenters. The highest BCUT2D eigenvalue weighted by Gasteiger charge is 2.30. The lowest BCUT2D eigenvalue weighted by molar-refractivity contribution is 0.208. The van der Waals surface area contributed by atoms with Crippen molar-refractivity contribution < 1.29 is 35.8 Å². The Morgan fingerprint density at radius 3 is 1.59 bits per heavy atom. The summed E-state index contributed by atoms with van der Waals surface area (Å²) in [6.45, 7) is 13.7. The zero-order chi connectivity index (χ0) is 61.0. The Morgan fingerprint density at radius 2 is 1.07 bits per heavy atom. The van der Waals surface area contributed by atoms with Crippen LogP contribution in [0.1, 0.15) is 82.9 Å². The van der Waals surface area contributed by atoms with Crippen LogP contribution in [0.3, 0.4) is 0 Å². The van der Waals surface area contributed by atoms with Crippen LogP contribution in [0.2, 0.25) is 5.28 Å². The SMILES string of the molecule is C.C.COc1cc(N2CCC(N3CCCC3)CC2)c(C)cc1N.COc1cc(N2CCC(N3CCCC3)CC2)c(C)cc1Nc1ncc(Br)c(Nc2cccc(OC)c2NS(C)(=O)=O)n1.COc1cccc(Nc2nc(Cl)ncc2Br)c1CS(C)(=O)=O. The van der Waals surface area contributed by atoms with Gasteiger partial charge in [-0.3, -0.25) is 4.72 Å². The lowest BCUT2D eigenvalue weighted by Gasteiger charge is -2.38. The summed E-state index contributed by atoms with van der Waals surface area (Å²) in [4.78, 5) is 27.3. The van der Waals surface area contributed by atoms with Crippen LogP contribution >= 0.6 is 43.5 Å². The Bertz CT molecular complexity index is 3490. The van der Waals surface area contributed by atoms with E-state index in [2.05, 4.69) is 124 Å².